The minimum atomic E-state index is -4.96. The number of nitro groups is 1. The van der Waals surface area contributed by atoms with E-state index in [0.717, 1.165) is 28.3 Å². The summed E-state index contributed by atoms with van der Waals surface area (Å²) in [5.41, 5.74) is 1.07. The van der Waals surface area contributed by atoms with Crippen LogP contribution in [-0.2, 0) is 10.9 Å². The molecule has 0 spiro atoms. The molecule has 11 heteroatoms. The number of aliphatic hydroxyl groups is 2. The fourth-order valence-electron chi connectivity index (χ4n) is 4.29. The molecule has 8 nitrogen and oxygen atoms in total. The predicted octanol–water partition coefficient (Wildman–Crippen LogP) is 4.55. The maximum atomic E-state index is 13.0. The van der Waals surface area contributed by atoms with Gasteiger partial charge in [0, 0.05) is 18.5 Å². The number of alkyl halides is 3. The molecular weight excluding hydrogens is 481 g/mol. The molecule has 188 valence electrons. The van der Waals surface area contributed by atoms with Crippen molar-refractivity contribution in [2.75, 3.05) is 13.2 Å². The van der Waals surface area contributed by atoms with Crippen molar-refractivity contribution in [3.05, 3.63) is 99.1 Å². The topological polar surface area (TPSA) is 122 Å². The number of ether oxygens (including phenoxy) is 1. The van der Waals surface area contributed by atoms with Crippen LogP contribution in [0.5, 0.6) is 0 Å². The summed E-state index contributed by atoms with van der Waals surface area (Å²) in [7, 11) is 0. The summed E-state index contributed by atoms with van der Waals surface area (Å²) < 4.78 is 44.3. The van der Waals surface area contributed by atoms with Crippen molar-refractivity contribution < 1.29 is 37.8 Å². The van der Waals surface area contributed by atoms with E-state index in [-0.39, 0.29) is 18.1 Å². The van der Waals surface area contributed by atoms with E-state index in [1.807, 2.05) is 48.5 Å². The first kappa shape index (κ1) is 25.1. The molecule has 4 rings (SSSR count). The summed E-state index contributed by atoms with van der Waals surface area (Å²) in [4.78, 5) is 22.1. The van der Waals surface area contributed by atoms with E-state index in [2.05, 4.69) is 5.32 Å². The molecule has 0 bridgehead atoms. The van der Waals surface area contributed by atoms with Gasteiger partial charge >= 0.3 is 12.3 Å². The quantitative estimate of drug-likeness (QED) is 0.322. The van der Waals surface area contributed by atoms with Gasteiger partial charge in [-0.15, -0.1) is 0 Å². The van der Waals surface area contributed by atoms with Crippen LogP contribution in [-0.4, -0.2) is 40.5 Å². The highest BCUT2D eigenvalue weighted by molar-refractivity contribution is 5.79. The number of nitro benzene ring substituents is 1. The smallest absolute Gasteiger partial charge is 0.422 e. The maximum absolute atomic E-state index is 13.0. The van der Waals surface area contributed by atoms with Gasteiger partial charge in [0.05, 0.1) is 4.92 Å². The number of benzene rings is 3. The van der Waals surface area contributed by atoms with E-state index in [1.54, 1.807) is 0 Å². The summed E-state index contributed by atoms with van der Waals surface area (Å²) in [6.45, 7) is -0.490. The van der Waals surface area contributed by atoms with Gasteiger partial charge in [0.15, 0.2) is 0 Å². The minimum absolute atomic E-state index is 0.0175. The van der Waals surface area contributed by atoms with Gasteiger partial charge in [-0.1, -0.05) is 54.6 Å². The summed E-state index contributed by atoms with van der Waals surface area (Å²) >= 11 is 0. The molecule has 0 heterocycles. The highest BCUT2D eigenvalue weighted by atomic mass is 19.4. The number of rotatable bonds is 7. The molecule has 36 heavy (non-hydrogen) atoms. The number of carbonyl (C=O) groups is 1. The van der Waals surface area contributed by atoms with Crippen molar-refractivity contribution >= 4 is 11.8 Å². The normalized spacial score (nSPS) is 14.5. The first-order chi connectivity index (χ1) is 17.1. The van der Waals surface area contributed by atoms with Crippen molar-refractivity contribution in [2.45, 2.75) is 24.3 Å². The van der Waals surface area contributed by atoms with Crippen LogP contribution >= 0.6 is 0 Å². The van der Waals surface area contributed by atoms with Crippen LogP contribution in [0.25, 0.3) is 11.1 Å². The lowest BCUT2D eigenvalue weighted by Crippen LogP contribution is -2.36. The van der Waals surface area contributed by atoms with Gasteiger partial charge in [-0.3, -0.25) is 10.1 Å². The summed E-state index contributed by atoms with van der Waals surface area (Å²) in [5.74, 6) is -0.189. The summed E-state index contributed by atoms with van der Waals surface area (Å²) in [6.07, 6.45) is -9.29. The van der Waals surface area contributed by atoms with Crippen LogP contribution in [0.3, 0.4) is 0 Å². The second-order valence-electron chi connectivity index (χ2n) is 8.25. The van der Waals surface area contributed by atoms with E-state index < -0.39 is 47.2 Å². The molecule has 1 aliphatic rings. The zero-order chi connectivity index (χ0) is 26.0. The molecule has 2 unspecified atom stereocenters. The van der Waals surface area contributed by atoms with Crippen LogP contribution in [0.15, 0.2) is 66.7 Å². The Morgan fingerprint density at radius 1 is 1.03 bits per heavy atom. The number of amides is 1. The molecule has 1 aliphatic carbocycles. The molecular formula is C25H21F3N2O6. The highest BCUT2D eigenvalue weighted by Gasteiger charge is 2.39. The molecule has 0 saturated heterocycles. The Hall–Kier alpha value is -3.96. The molecule has 2 atom stereocenters. The number of hydrogen-bond donors (Lipinski definition) is 3. The zero-order valence-electron chi connectivity index (χ0n) is 18.6. The number of aliphatic hydroxyl groups excluding tert-OH is 2. The van der Waals surface area contributed by atoms with E-state index >= 15 is 0 Å². The van der Waals surface area contributed by atoms with Crippen molar-refractivity contribution in [2.24, 2.45) is 0 Å². The molecule has 3 N–H and O–H groups in total. The average Bonchev–Trinajstić information content (AvgIpc) is 3.18. The number of nitrogens with one attached hydrogen (secondary N) is 1. The average molecular weight is 502 g/mol. The molecule has 1 amide bonds. The molecule has 3 aromatic rings. The van der Waals surface area contributed by atoms with Gasteiger partial charge in [0.1, 0.15) is 24.4 Å². The number of fused-ring (bicyclic) bond motifs is 3. The Balaban J connectivity index is 1.37. The first-order valence-electron chi connectivity index (χ1n) is 10.9. The highest BCUT2D eigenvalue weighted by Crippen LogP contribution is 2.44. The Labute approximate surface area is 203 Å². The first-order valence-corrected chi connectivity index (χ1v) is 10.9. The third-order valence-electron chi connectivity index (χ3n) is 6.03. The fourth-order valence-corrected chi connectivity index (χ4v) is 4.29. The van der Waals surface area contributed by atoms with Crippen LogP contribution in [0, 0.1) is 10.1 Å². The number of halogens is 3. The number of alkyl carbamates (subject to hydrolysis) is 1. The van der Waals surface area contributed by atoms with Crippen LogP contribution in [0.2, 0.25) is 0 Å². The maximum Gasteiger partial charge on any atom is 0.422 e. The number of hydrogen-bond acceptors (Lipinski definition) is 6. The molecule has 0 aliphatic heterocycles. The van der Waals surface area contributed by atoms with Crippen molar-refractivity contribution in [1.29, 1.82) is 0 Å². The van der Waals surface area contributed by atoms with Crippen molar-refractivity contribution in [3.8, 4) is 11.1 Å². The van der Waals surface area contributed by atoms with E-state index in [1.165, 1.54) is 0 Å². The standard InChI is InChI=1S/C25H21F3N2O6/c26-25(27,28)20-10-9-14(11-21(20)30(34)35)23(32)22(31)12-29-24(33)36-13-19-17-7-3-1-5-15(17)16-6-2-4-8-18(16)19/h1-11,19,22-23,31-32H,12-13H2,(H,29,33). The Morgan fingerprint density at radius 3 is 2.17 bits per heavy atom. The predicted molar refractivity (Wildman–Crippen MR) is 122 cm³/mol. The number of carbonyl (C=O) groups excluding carboxylic acids is 1. The lowest BCUT2D eigenvalue weighted by Gasteiger charge is -2.20. The SMILES string of the molecule is O=C(NCC(O)C(O)c1ccc(C(F)(F)F)c([N+](=O)[O-])c1)OCC1c2ccccc2-c2ccccc21. The monoisotopic (exact) mass is 502 g/mol. The lowest BCUT2D eigenvalue weighted by molar-refractivity contribution is -0.388. The Kier molecular flexibility index (Phi) is 6.95. The molecule has 0 aromatic heterocycles. The van der Waals surface area contributed by atoms with E-state index in [4.69, 9.17) is 4.74 Å². The molecule has 0 saturated carbocycles. The van der Waals surface area contributed by atoms with Crippen molar-refractivity contribution in [1.82, 2.24) is 5.32 Å². The van der Waals surface area contributed by atoms with Gasteiger partial charge in [-0.2, -0.15) is 13.2 Å². The van der Waals surface area contributed by atoms with Gasteiger partial charge < -0.3 is 20.3 Å². The number of nitrogens with zero attached hydrogens (tertiary/aromatic N) is 1. The van der Waals surface area contributed by atoms with Crippen LogP contribution in [0.1, 0.15) is 34.3 Å². The van der Waals surface area contributed by atoms with Gasteiger partial charge in [0.25, 0.3) is 5.69 Å². The van der Waals surface area contributed by atoms with Gasteiger partial charge in [-0.05, 0) is 33.9 Å². The Bertz CT molecular complexity index is 1250. The van der Waals surface area contributed by atoms with Gasteiger partial charge in [0.2, 0.25) is 0 Å². The molecule has 0 fully saturated rings. The third kappa shape index (κ3) is 5.02. The Morgan fingerprint density at radius 2 is 1.61 bits per heavy atom. The second-order valence-corrected chi connectivity index (χ2v) is 8.25. The minimum Gasteiger partial charge on any atom is -0.449 e. The molecule has 0 radical (unpaired) electrons. The zero-order valence-corrected chi connectivity index (χ0v) is 18.6. The van der Waals surface area contributed by atoms with Crippen LogP contribution in [0.4, 0.5) is 23.7 Å². The largest absolute Gasteiger partial charge is 0.449 e. The van der Waals surface area contributed by atoms with E-state index in [9.17, 15) is 38.3 Å². The van der Waals surface area contributed by atoms with E-state index in [0.29, 0.717) is 12.1 Å². The second kappa shape index (κ2) is 9.96. The third-order valence-corrected chi connectivity index (χ3v) is 6.03. The van der Waals surface area contributed by atoms with Crippen molar-refractivity contribution in [3.63, 3.8) is 0 Å². The summed E-state index contributed by atoms with van der Waals surface area (Å²) in [6, 6.07) is 17.3. The van der Waals surface area contributed by atoms with Crippen LogP contribution < -0.4 is 5.32 Å². The lowest BCUT2D eigenvalue weighted by atomic mass is 9.98. The summed E-state index contributed by atoms with van der Waals surface area (Å²) in [5, 5.41) is 33.8. The molecule has 3 aromatic carbocycles. The fraction of sp³-hybridized carbons (Fsp3) is 0.240. The van der Waals surface area contributed by atoms with Gasteiger partial charge in [-0.25, -0.2) is 4.79 Å².